The molecule has 0 unspecified atom stereocenters. The zero-order valence-electron chi connectivity index (χ0n) is 18.3. The van der Waals surface area contributed by atoms with Crippen molar-refractivity contribution in [2.75, 3.05) is 13.2 Å². The molecule has 8 N–H and O–H groups in total. The maximum atomic E-state index is 13.4. The third-order valence-corrected chi connectivity index (χ3v) is 6.60. The number of furan rings is 1. The number of carbonyl (C=O) groups excluding carboxylic acids is 1. The number of aliphatic hydroxyl groups is 3. The van der Waals surface area contributed by atoms with Crippen molar-refractivity contribution in [1.82, 2.24) is 20.9 Å². The molecule has 192 valence electrons. The van der Waals surface area contributed by atoms with Crippen LogP contribution in [-0.4, -0.2) is 80.9 Å². The predicted octanol–water partition coefficient (Wildman–Crippen LogP) is -0.421. The van der Waals surface area contributed by atoms with Gasteiger partial charge < -0.3 is 45.3 Å². The minimum absolute atomic E-state index is 0.247. The average molecular weight is 510 g/mol. The number of hydrogen-bond donors (Lipinski definition) is 8. The van der Waals surface area contributed by atoms with E-state index in [1.54, 1.807) is 0 Å². The van der Waals surface area contributed by atoms with Crippen LogP contribution in [0.2, 0.25) is 0 Å². The van der Waals surface area contributed by atoms with E-state index < -0.39 is 66.3 Å². The van der Waals surface area contributed by atoms with E-state index in [9.17, 15) is 33.3 Å². The molecule has 3 aliphatic heterocycles. The number of benzene rings is 1. The number of ether oxygens (including phenoxy) is 1. The lowest BCUT2D eigenvalue weighted by molar-refractivity contribution is -0.258. The minimum Gasteiger partial charge on any atom is -0.449 e. The van der Waals surface area contributed by atoms with E-state index in [0.29, 0.717) is 0 Å². The van der Waals surface area contributed by atoms with Crippen molar-refractivity contribution in [2.45, 2.75) is 35.8 Å². The summed E-state index contributed by atoms with van der Waals surface area (Å²) in [6.07, 6.45) is -6.34. The highest BCUT2D eigenvalue weighted by atomic mass is 19.4. The van der Waals surface area contributed by atoms with Gasteiger partial charge in [-0.25, -0.2) is 4.79 Å². The number of aliphatic hydroxyl groups excluding tert-OH is 1. The normalized spacial score (nSPS) is 28.6. The van der Waals surface area contributed by atoms with E-state index in [4.69, 9.17) is 20.0 Å². The first-order valence-corrected chi connectivity index (χ1v) is 10.7. The van der Waals surface area contributed by atoms with Gasteiger partial charge >= 0.3 is 12.1 Å². The first-order valence-electron chi connectivity index (χ1n) is 10.7. The van der Waals surface area contributed by atoms with Crippen LogP contribution in [0.15, 0.2) is 40.8 Å². The number of nitrogens with zero attached hydrogens (tertiary/aromatic N) is 1. The Morgan fingerprint density at radius 3 is 2.61 bits per heavy atom. The maximum absolute atomic E-state index is 13.4. The van der Waals surface area contributed by atoms with Gasteiger partial charge in [0, 0.05) is 5.56 Å². The third kappa shape index (κ3) is 3.30. The Kier molecular flexibility index (Phi) is 5.21. The number of hydrogen-bond acceptors (Lipinski definition) is 8. The fraction of sp³-hybridized carbons (Fsp3) is 0.381. The summed E-state index contributed by atoms with van der Waals surface area (Å²) in [5.74, 6) is -5.41. The maximum Gasteiger partial charge on any atom is 0.417 e. The van der Waals surface area contributed by atoms with Crippen LogP contribution in [0.1, 0.15) is 16.1 Å². The Bertz CT molecular complexity index is 1250. The van der Waals surface area contributed by atoms with Gasteiger partial charge in [0.1, 0.15) is 5.76 Å². The van der Waals surface area contributed by atoms with Crippen LogP contribution >= 0.6 is 0 Å². The monoisotopic (exact) mass is 510 g/mol. The lowest BCUT2D eigenvalue weighted by Crippen LogP contribution is -2.80. The van der Waals surface area contributed by atoms with Crippen LogP contribution in [0.25, 0.3) is 11.3 Å². The zero-order chi connectivity index (χ0) is 26.0. The van der Waals surface area contributed by atoms with E-state index in [0.717, 1.165) is 23.1 Å². The van der Waals surface area contributed by atoms with Crippen LogP contribution < -0.4 is 16.0 Å². The van der Waals surface area contributed by atoms with Gasteiger partial charge in [-0.1, -0.05) is 18.2 Å². The van der Waals surface area contributed by atoms with Crippen LogP contribution in [0, 0.1) is 10.8 Å². The highest BCUT2D eigenvalue weighted by Gasteiger charge is 2.75. The Hall–Kier alpha value is -3.82. The van der Waals surface area contributed by atoms with Crippen molar-refractivity contribution in [3.05, 3.63) is 47.7 Å². The van der Waals surface area contributed by atoms with Crippen LogP contribution in [0.4, 0.5) is 13.2 Å². The van der Waals surface area contributed by atoms with E-state index in [1.807, 2.05) is 0 Å². The second-order valence-electron chi connectivity index (χ2n) is 8.61. The molecule has 36 heavy (non-hydrogen) atoms. The molecule has 5 rings (SSSR count). The number of halogens is 3. The van der Waals surface area contributed by atoms with Gasteiger partial charge in [-0.3, -0.25) is 10.8 Å². The SMILES string of the molecule is N=C1N[C@H]2[C@H](CO)NC(=N)N3C[C@H](OC(=O)c4ccc(-c5ccccc5C(F)(F)F)o4)C(O)(O)[C@]23N1. The van der Waals surface area contributed by atoms with Gasteiger partial charge in [0.25, 0.3) is 0 Å². The van der Waals surface area contributed by atoms with Crippen LogP contribution in [-0.2, 0) is 10.9 Å². The molecule has 1 aromatic carbocycles. The smallest absolute Gasteiger partial charge is 0.417 e. The second kappa shape index (κ2) is 7.84. The summed E-state index contributed by atoms with van der Waals surface area (Å²) in [7, 11) is 0. The van der Waals surface area contributed by atoms with Gasteiger partial charge in [0.05, 0.1) is 30.8 Å². The fourth-order valence-corrected chi connectivity index (χ4v) is 4.99. The Labute approximate surface area is 200 Å². The molecule has 0 saturated carbocycles. The molecule has 2 aromatic rings. The van der Waals surface area contributed by atoms with Crippen LogP contribution in [0.3, 0.4) is 0 Å². The van der Waals surface area contributed by atoms with Gasteiger partial charge in [-0.15, -0.1) is 0 Å². The molecule has 3 fully saturated rings. The summed E-state index contributed by atoms with van der Waals surface area (Å²) in [4.78, 5) is 14.0. The van der Waals surface area contributed by atoms with E-state index in [2.05, 4.69) is 16.0 Å². The van der Waals surface area contributed by atoms with Crippen molar-refractivity contribution in [3.63, 3.8) is 0 Å². The molecule has 1 spiro atoms. The lowest BCUT2D eigenvalue weighted by atomic mass is 9.85. The molecule has 3 saturated heterocycles. The molecule has 0 radical (unpaired) electrons. The first kappa shape index (κ1) is 23.9. The van der Waals surface area contributed by atoms with Crippen LogP contribution in [0.5, 0.6) is 0 Å². The molecule has 3 aliphatic rings. The average Bonchev–Trinajstić information content (AvgIpc) is 3.49. The molecule has 4 heterocycles. The molecule has 1 aromatic heterocycles. The van der Waals surface area contributed by atoms with E-state index in [-0.39, 0.29) is 23.2 Å². The summed E-state index contributed by atoms with van der Waals surface area (Å²) in [6.45, 7) is -0.911. The number of esters is 1. The van der Waals surface area contributed by atoms with Crippen molar-refractivity contribution in [2.24, 2.45) is 0 Å². The van der Waals surface area contributed by atoms with Gasteiger partial charge in [-0.2, -0.15) is 13.2 Å². The van der Waals surface area contributed by atoms with E-state index in [1.165, 1.54) is 18.2 Å². The summed E-state index contributed by atoms with van der Waals surface area (Å²) in [5.41, 5.74) is -3.20. The highest BCUT2D eigenvalue weighted by Crippen LogP contribution is 2.44. The minimum atomic E-state index is -4.66. The standard InChI is InChI=1S/C21H21F3N6O6/c22-21(23,24)10-4-2-1-3-9(10)12-5-6-13(35-12)16(32)36-14-7-30-18(26)27-11(8-31)15-19(30,20(14,33)34)29-17(25)28-15/h1-6,11,14-15,31,33-34H,7-8H2,(H2,26,27)(H3,25,28,29)/t11-,14-,15-,19-/m0/s1. The first-order chi connectivity index (χ1) is 16.9. The fourth-order valence-electron chi connectivity index (χ4n) is 4.99. The number of guanidine groups is 2. The zero-order valence-corrected chi connectivity index (χ0v) is 18.3. The summed E-state index contributed by atoms with van der Waals surface area (Å²) < 4.78 is 50.7. The second-order valence-corrected chi connectivity index (χ2v) is 8.61. The van der Waals surface area contributed by atoms with Crippen molar-refractivity contribution in [1.29, 1.82) is 10.8 Å². The van der Waals surface area contributed by atoms with Crippen molar-refractivity contribution >= 4 is 17.9 Å². The lowest BCUT2D eigenvalue weighted by Gasteiger charge is -2.50. The molecular formula is C21H21F3N6O6. The number of alkyl halides is 3. The third-order valence-electron chi connectivity index (χ3n) is 6.60. The summed E-state index contributed by atoms with van der Waals surface area (Å²) in [6, 6.07) is 5.00. The molecular weight excluding hydrogens is 489 g/mol. The molecule has 0 amide bonds. The van der Waals surface area contributed by atoms with E-state index >= 15 is 0 Å². The Morgan fingerprint density at radius 2 is 1.92 bits per heavy atom. The predicted molar refractivity (Wildman–Crippen MR) is 114 cm³/mol. The highest BCUT2D eigenvalue weighted by molar-refractivity contribution is 5.89. The van der Waals surface area contributed by atoms with Gasteiger partial charge in [0.2, 0.25) is 11.5 Å². The number of carbonyl (C=O) groups is 1. The Balaban J connectivity index is 1.42. The quantitative estimate of drug-likeness (QED) is 0.198. The molecule has 12 nitrogen and oxygen atoms in total. The summed E-state index contributed by atoms with van der Waals surface area (Å²) >= 11 is 0. The van der Waals surface area contributed by atoms with Crippen molar-refractivity contribution < 1.29 is 42.4 Å². The summed E-state index contributed by atoms with van der Waals surface area (Å²) in [5, 5.41) is 56.1. The molecule has 0 bridgehead atoms. The van der Waals surface area contributed by atoms with Gasteiger partial charge in [-0.05, 0) is 18.2 Å². The number of nitrogens with one attached hydrogen (secondary N) is 5. The topological polar surface area (TPSA) is 187 Å². The molecule has 4 atom stereocenters. The van der Waals surface area contributed by atoms with Crippen molar-refractivity contribution in [3.8, 4) is 11.3 Å². The van der Waals surface area contributed by atoms with Gasteiger partial charge in [0.15, 0.2) is 23.7 Å². The molecule has 0 aliphatic carbocycles. The Morgan fingerprint density at radius 1 is 1.19 bits per heavy atom. The largest absolute Gasteiger partial charge is 0.449 e. The number of rotatable bonds is 4. The molecule has 15 heteroatoms.